The van der Waals surface area contributed by atoms with E-state index in [4.69, 9.17) is 0 Å². The lowest BCUT2D eigenvalue weighted by molar-refractivity contribution is -0.119. The van der Waals surface area contributed by atoms with E-state index in [1.54, 1.807) is 0 Å². The van der Waals surface area contributed by atoms with Crippen molar-refractivity contribution in [3.05, 3.63) is 24.3 Å². The second-order valence-corrected chi connectivity index (χ2v) is 4.92. The fourth-order valence-electron chi connectivity index (χ4n) is 2.16. The van der Waals surface area contributed by atoms with Gasteiger partial charge in [0.1, 0.15) is 5.78 Å². The summed E-state index contributed by atoms with van der Waals surface area (Å²) >= 11 is 0. The molecule has 0 saturated heterocycles. The van der Waals surface area contributed by atoms with Crippen molar-refractivity contribution in [2.24, 2.45) is 0 Å². The number of Topliss-reactive ketones (excluding diaryl/α,β-unsaturated/α-hetero) is 1. The van der Waals surface area contributed by atoms with Crippen molar-refractivity contribution in [3.63, 3.8) is 0 Å². The lowest BCUT2D eigenvalue weighted by Gasteiger charge is -2.01. The van der Waals surface area contributed by atoms with Crippen molar-refractivity contribution in [1.82, 2.24) is 0 Å². The number of hydrogen-bond acceptors (Lipinski definition) is 1. The third kappa shape index (κ3) is 8.91. The highest BCUT2D eigenvalue weighted by atomic mass is 16.1. The van der Waals surface area contributed by atoms with E-state index in [9.17, 15) is 4.79 Å². The number of hydrogen-bond donors (Lipinski definition) is 0. The molecule has 0 bridgehead atoms. The van der Waals surface area contributed by atoms with Crippen LogP contribution >= 0.6 is 0 Å². The smallest absolute Gasteiger partial charge is 0.132 e. The van der Waals surface area contributed by atoms with E-state index in [2.05, 4.69) is 24.3 Å². The van der Waals surface area contributed by atoms with Crippen molar-refractivity contribution in [3.8, 4) is 0 Å². The van der Waals surface area contributed by atoms with Gasteiger partial charge < -0.3 is 0 Å². The van der Waals surface area contributed by atoms with Gasteiger partial charge in [-0.2, -0.15) is 0 Å². The molecule has 0 aromatic rings. The molecule has 1 rings (SSSR count). The minimum atomic E-state index is 0.463. The van der Waals surface area contributed by atoms with Gasteiger partial charge >= 0.3 is 0 Å². The summed E-state index contributed by atoms with van der Waals surface area (Å²) < 4.78 is 0. The highest BCUT2D eigenvalue weighted by Crippen LogP contribution is 2.10. The summed E-state index contributed by atoms with van der Waals surface area (Å²) in [5.74, 6) is 0.463. The quantitative estimate of drug-likeness (QED) is 0.541. The van der Waals surface area contributed by atoms with Gasteiger partial charge in [0.15, 0.2) is 0 Å². The van der Waals surface area contributed by atoms with Crippen LogP contribution in [0.25, 0.3) is 0 Å². The van der Waals surface area contributed by atoms with Gasteiger partial charge in [-0.25, -0.2) is 0 Å². The van der Waals surface area contributed by atoms with E-state index in [1.807, 2.05) is 0 Å². The van der Waals surface area contributed by atoms with Gasteiger partial charge in [0.25, 0.3) is 0 Å². The van der Waals surface area contributed by atoms with E-state index >= 15 is 0 Å². The fraction of sp³-hybridized carbons (Fsp3) is 0.688. The Morgan fingerprint density at radius 2 is 1.24 bits per heavy atom. The van der Waals surface area contributed by atoms with Crippen LogP contribution in [0, 0.1) is 0 Å². The summed E-state index contributed by atoms with van der Waals surface area (Å²) in [6.07, 6.45) is 21.2. The van der Waals surface area contributed by atoms with Gasteiger partial charge in [0.05, 0.1) is 0 Å². The molecule has 0 heterocycles. The van der Waals surface area contributed by atoms with Crippen molar-refractivity contribution < 1.29 is 4.79 Å². The SMILES string of the molecule is O=C1CCC/C=C/C/C=C/CCCCCCC1. The van der Waals surface area contributed by atoms with Gasteiger partial charge in [-0.1, -0.05) is 43.6 Å². The van der Waals surface area contributed by atoms with E-state index in [0.29, 0.717) is 5.78 Å². The molecule has 0 spiro atoms. The summed E-state index contributed by atoms with van der Waals surface area (Å²) in [7, 11) is 0. The molecule has 1 aliphatic rings. The molecule has 1 aliphatic carbocycles. The van der Waals surface area contributed by atoms with Crippen LogP contribution in [0.15, 0.2) is 24.3 Å². The Hall–Kier alpha value is -0.850. The summed E-state index contributed by atoms with van der Waals surface area (Å²) in [4.78, 5) is 11.5. The monoisotopic (exact) mass is 234 g/mol. The Labute approximate surface area is 106 Å². The zero-order valence-electron chi connectivity index (χ0n) is 11.0. The lowest BCUT2D eigenvalue weighted by atomic mass is 10.0. The molecule has 1 nitrogen and oxygen atoms in total. The highest BCUT2D eigenvalue weighted by molar-refractivity contribution is 5.78. The molecule has 0 atom stereocenters. The van der Waals surface area contributed by atoms with Gasteiger partial charge in [-0.3, -0.25) is 4.79 Å². The van der Waals surface area contributed by atoms with E-state index in [1.165, 1.54) is 32.1 Å². The highest BCUT2D eigenvalue weighted by Gasteiger charge is 2.00. The van der Waals surface area contributed by atoms with Crippen LogP contribution in [0.2, 0.25) is 0 Å². The van der Waals surface area contributed by atoms with Crippen LogP contribution < -0.4 is 0 Å². The maximum absolute atomic E-state index is 11.5. The normalized spacial score (nSPS) is 25.3. The molecule has 0 radical (unpaired) electrons. The molecule has 0 aromatic carbocycles. The van der Waals surface area contributed by atoms with E-state index < -0.39 is 0 Å². The molecule has 0 fully saturated rings. The number of rotatable bonds is 0. The zero-order valence-corrected chi connectivity index (χ0v) is 11.0. The molecule has 0 unspecified atom stereocenters. The summed E-state index contributed by atoms with van der Waals surface area (Å²) in [6, 6.07) is 0. The predicted octanol–water partition coefficient (Wildman–Crippen LogP) is 4.97. The standard InChI is InChI=1S/C16H26O/c17-16-14-12-10-8-6-4-2-1-3-5-7-9-11-13-15-16/h1-2,6,8H,3-5,7,9-15H2/b2-1+,8-6+. The second kappa shape index (κ2) is 10.3. The van der Waals surface area contributed by atoms with Gasteiger partial charge in [-0.05, 0) is 38.5 Å². The molecule has 0 N–H and O–H groups in total. The van der Waals surface area contributed by atoms with Crippen LogP contribution in [-0.4, -0.2) is 5.78 Å². The van der Waals surface area contributed by atoms with E-state index in [0.717, 1.165) is 38.5 Å². The van der Waals surface area contributed by atoms with Gasteiger partial charge in [0.2, 0.25) is 0 Å². The maximum Gasteiger partial charge on any atom is 0.132 e. The molecule has 0 saturated carbocycles. The molecule has 0 aromatic heterocycles. The lowest BCUT2D eigenvalue weighted by Crippen LogP contribution is -1.97. The molecule has 1 heteroatoms. The van der Waals surface area contributed by atoms with Crippen molar-refractivity contribution in [2.75, 3.05) is 0 Å². The van der Waals surface area contributed by atoms with Crippen molar-refractivity contribution >= 4 is 5.78 Å². The second-order valence-electron chi connectivity index (χ2n) is 4.92. The fourth-order valence-corrected chi connectivity index (χ4v) is 2.16. The molecule has 96 valence electrons. The Morgan fingerprint density at radius 3 is 2.06 bits per heavy atom. The first kappa shape index (κ1) is 14.2. The average Bonchev–Trinajstić information content (AvgIpc) is 2.32. The first-order valence-electron chi connectivity index (χ1n) is 7.21. The summed E-state index contributed by atoms with van der Waals surface area (Å²) in [5, 5.41) is 0. The van der Waals surface area contributed by atoms with E-state index in [-0.39, 0.29) is 0 Å². The Bertz CT molecular complexity index is 250. The molecule has 0 amide bonds. The zero-order chi connectivity index (χ0) is 12.2. The minimum absolute atomic E-state index is 0.463. The summed E-state index contributed by atoms with van der Waals surface area (Å²) in [6.45, 7) is 0. The molecule has 0 aliphatic heterocycles. The topological polar surface area (TPSA) is 17.1 Å². The Kier molecular flexibility index (Phi) is 8.62. The Morgan fingerprint density at radius 1 is 0.647 bits per heavy atom. The van der Waals surface area contributed by atoms with Gasteiger partial charge in [0, 0.05) is 12.8 Å². The van der Waals surface area contributed by atoms with Crippen LogP contribution in [0.1, 0.15) is 70.6 Å². The molecular formula is C16H26O. The van der Waals surface area contributed by atoms with Crippen molar-refractivity contribution in [2.45, 2.75) is 70.6 Å². The van der Waals surface area contributed by atoms with Crippen LogP contribution in [0.4, 0.5) is 0 Å². The van der Waals surface area contributed by atoms with Crippen LogP contribution in [-0.2, 0) is 4.79 Å². The number of ketones is 1. The van der Waals surface area contributed by atoms with Crippen LogP contribution in [0.3, 0.4) is 0 Å². The largest absolute Gasteiger partial charge is 0.300 e. The first-order chi connectivity index (χ1) is 8.39. The third-order valence-electron chi connectivity index (χ3n) is 3.26. The summed E-state index contributed by atoms with van der Waals surface area (Å²) in [5.41, 5.74) is 0. The first-order valence-corrected chi connectivity index (χ1v) is 7.21. The van der Waals surface area contributed by atoms with Crippen LogP contribution in [0.5, 0.6) is 0 Å². The molecular weight excluding hydrogens is 208 g/mol. The van der Waals surface area contributed by atoms with Crippen molar-refractivity contribution in [1.29, 1.82) is 0 Å². The number of carbonyl (C=O) groups excluding carboxylic acids is 1. The minimum Gasteiger partial charge on any atom is -0.300 e. The van der Waals surface area contributed by atoms with Gasteiger partial charge in [-0.15, -0.1) is 0 Å². The number of allylic oxidation sites excluding steroid dienone is 4. The molecule has 17 heavy (non-hydrogen) atoms. The Balaban J connectivity index is 2.25. The predicted molar refractivity (Wildman–Crippen MR) is 74.1 cm³/mol. The maximum atomic E-state index is 11.5. The number of carbonyl (C=O) groups is 1. The third-order valence-corrected chi connectivity index (χ3v) is 3.26. The average molecular weight is 234 g/mol.